The Morgan fingerprint density at radius 1 is 1.07 bits per heavy atom. The first kappa shape index (κ1) is 18.3. The van der Waals surface area contributed by atoms with Gasteiger partial charge in [0.2, 0.25) is 5.91 Å². The number of nitrogens with one attached hydrogen (secondary N) is 2. The Kier molecular flexibility index (Phi) is 4.94. The number of likely N-dealkylation sites (tertiary alicyclic amines) is 1. The third-order valence-electron chi connectivity index (χ3n) is 5.46. The van der Waals surface area contributed by atoms with E-state index in [1.165, 1.54) is 0 Å². The van der Waals surface area contributed by atoms with Crippen molar-refractivity contribution in [1.29, 1.82) is 0 Å². The van der Waals surface area contributed by atoms with Crippen molar-refractivity contribution < 1.29 is 14.3 Å². The molecular weight excluding hydrogens is 354 g/mol. The van der Waals surface area contributed by atoms with Crippen LogP contribution in [-0.2, 0) is 11.2 Å². The lowest BCUT2D eigenvalue weighted by atomic mass is 9.92. The molecule has 6 heteroatoms. The molecule has 2 amide bonds. The quantitative estimate of drug-likeness (QED) is 0.857. The molecule has 2 aliphatic rings. The van der Waals surface area contributed by atoms with E-state index in [1.807, 2.05) is 60.4 Å². The largest absolute Gasteiger partial charge is 0.494 e. The maximum absolute atomic E-state index is 12.7. The summed E-state index contributed by atoms with van der Waals surface area (Å²) >= 11 is 0. The van der Waals surface area contributed by atoms with Crippen molar-refractivity contribution in [3.05, 3.63) is 59.7 Å². The first-order valence-electron chi connectivity index (χ1n) is 9.78. The summed E-state index contributed by atoms with van der Waals surface area (Å²) in [4.78, 5) is 27.0. The molecule has 146 valence electrons. The van der Waals surface area contributed by atoms with Crippen LogP contribution < -0.4 is 15.4 Å². The molecule has 4 rings (SSSR count). The third-order valence-corrected chi connectivity index (χ3v) is 5.46. The van der Waals surface area contributed by atoms with Gasteiger partial charge in [-0.2, -0.15) is 0 Å². The highest BCUT2D eigenvalue weighted by molar-refractivity contribution is 6.02. The van der Waals surface area contributed by atoms with Crippen LogP contribution in [0.3, 0.4) is 0 Å². The summed E-state index contributed by atoms with van der Waals surface area (Å²) in [5.74, 6) is 0.878. The zero-order chi connectivity index (χ0) is 19.6. The van der Waals surface area contributed by atoms with Gasteiger partial charge in [-0.05, 0) is 36.8 Å². The molecule has 0 atom stereocenters. The molecule has 0 aromatic heterocycles. The van der Waals surface area contributed by atoms with Crippen LogP contribution in [0.5, 0.6) is 5.75 Å². The molecule has 0 saturated carbocycles. The SMILES string of the molecule is CCOc1ccc(CC(=O)N2CCC3(CC2)NC(=O)c2ccccc2N3)cc1. The maximum Gasteiger partial charge on any atom is 0.255 e. The van der Waals surface area contributed by atoms with Crippen LogP contribution >= 0.6 is 0 Å². The van der Waals surface area contributed by atoms with Crippen molar-refractivity contribution in [3.8, 4) is 5.75 Å². The maximum atomic E-state index is 12.7. The van der Waals surface area contributed by atoms with E-state index in [4.69, 9.17) is 4.74 Å². The highest BCUT2D eigenvalue weighted by Crippen LogP contribution is 2.31. The summed E-state index contributed by atoms with van der Waals surface area (Å²) in [6, 6.07) is 15.2. The van der Waals surface area contributed by atoms with E-state index in [1.54, 1.807) is 0 Å². The van der Waals surface area contributed by atoms with Crippen molar-refractivity contribution in [2.75, 3.05) is 25.0 Å². The number of piperidine rings is 1. The molecule has 1 saturated heterocycles. The number of hydrogen-bond donors (Lipinski definition) is 2. The minimum absolute atomic E-state index is 0.0523. The van der Waals surface area contributed by atoms with Crippen LogP contribution in [0.4, 0.5) is 5.69 Å². The lowest BCUT2D eigenvalue weighted by Crippen LogP contribution is -2.62. The average molecular weight is 379 g/mol. The van der Waals surface area contributed by atoms with Crippen LogP contribution in [0.15, 0.2) is 48.5 Å². The van der Waals surface area contributed by atoms with Gasteiger partial charge in [0.1, 0.15) is 11.4 Å². The van der Waals surface area contributed by atoms with E-state index in [0.29, 0.717) is 44.5 Å². The summed E-state index contributed by atoms with van der Waals surface area (Å²) in [5.41, 5.74) is 2.04. The van der Waals surface area contributed by atoms with E-state index in [0.717, 1.165) is 17.0 Å². The van der Waals surface area contributed by atoms with Crippen molar-refractivity contribution in [2.24, 2.45) is 0 Å². The van der Waals surface area contributed by atoms with Gasteiger partial charge in [-0.15, -0.1) is 0 Å². The van der Waals surface area contributed by atoms with Gasteiger partial charge in [0.15, 0.2) is 0 Å². The molecule has 0 bridgehead atoms. The Morgan fingerprint density at radius 3 is 2.50 bits per heavy atom. The highest BCUT2D eigenvalue weighted by atomic mass is 16.5. The van der Waals surface area contributed by atoms with Crippen LogP contribution in [0.1, 0.15) is 35.7 Å². The predicted molar refractivity (Wildman–Crippen MR) is 107 cm³/mol. The van der Waals surface area contributed by atoms with Crippen molar-refractivity contribution >= 4 is 17.5 Å². The number of para-hydroxylation sites is 1. The molecule has 2 aromatic carbocycles. The van der Waals surface area contributed by atoms with Crippen LogP contribution in [0, 0.1) is 0 Å². The molecular formula is C22H25N3O3. The fraction of sp³-hybridized carbons (Fsp3) is 0.364. The predicted octanol–water partition coefficient (Wildman–Crippen LogP) is 2.80. The lowest BCUT2D eigenvalue weighted by Gasteiger charge is -2.45. The van der Waals surface area contributed by atoms with E-state index >= 15 is 0 Å². The van der Waals surface area contributed by atoms with E-state index in [2.05, 4.69) is 10.6 Å². The van der Waals surface area contributed by atoms with Crippen molar-refractivity contribution in [1.82, 2.24) is 10.2 Å². The molecule has 0 aliphatic carbocycles. The smallest absolute Gasteiger partial charge is 0.255 e. The Balaban J connectivity index is 1.36. The molecule has 1 fully saturated rings. The topological polar surface area (TPSA) is 70.7 Å². The number of ether oxygens (including phenoxy) is 1. The Labute approximate surface area is 164 Å². The first-order valence-corrected chi connectivity index (χ1v) is 9.78. The summed E-state index contributed by atoms with van der Waals surface area (Å²) in [6.45, 7) is 3.81. The first-order chi connectivity index (χ1) is 13.6. The molecule has 0 radical (unpaired) electrons. The standard InChI is InChI=1S/C22H25N3O3/c1-2-28-17-9-7-16(8-10-17)15-20(26)25-13-11-22(12-14-25)23-19-6-4-3-5-18(19)21(27)24-22/h3-10,23H,2,11-15H2,1H3,(H,24,27). The van der Waals surface area contributed by atoms with Gasteiger partial charge < -0.3 is 20.3 Å². The number of hydrogen-bond acceptors (Lipinski definition) is 4. The molecule has 1 spiro atoms. The molecule has 2 aromatic rings. The van der Waals surface area contributed by atoms with Gasteiger partial charge in [0, 0.05) is 31.6 Å². The number of anilines is 1. The molecule has 28 heavy (non-hydrogen) atoms. The number of rotatable bonds is 4. The number of amides is 2. The van der Waals surface area contributed by atoms with E-state index < -0.39 is 5.66 Å². The van der Waals surface area contributed by atoms with Crippen LogP contribution in [-0.4, -0.2) is 42.1 Å². The lowest BCUT2D eigenvalue weighted by molar-refractivity contribution is -0.132. The summed E-state index contributed by atoms with van der Waals surface area (Å²) in [7, 11) is 0. The fourth-order valence-corrected chi connectivity index (χ4v) is 3.91. The Bertz CT molecular complexity index is 871. The third kappa shape index (κ3) is 3.67. The second-order valence-electron chi connectivity index (χ2n) is 7.34. The molecule has 6 nitrogen and oxygen atoms in total. The van der Waals surface area contributed by atoms with Gasteiger partial charge in [0.25, 0.3) is 5.91 Å². The fourth-order valence-electron chi connectivity index (χ4n) is 3.91. The second kappa shape index (κ2) is 7.54. The van der Waals surface area contributed by atoms with Gasteiger partial charge in [-0.3, -0.25) is 9.59 Å². The van der Waals surface area contributed by atoms with Crippen molar-refractivity contribution in [2.45, 2.75) is 31.8 Å². The van der Waals surface area contributed by atoms with Gasteiger partial charge in [-0.25, -0.2) is 0 Å². The number of carbonyl (C=O) groups is 2. The summed E-state index contributed by atoms with van der Waals surface area (Å²) in [6.07, 6.45) is 1.74. The minimum atomic E-state index is -0.471. The highest BCUT2D eigenvalue weighted by Gasteiger charge is 2.40. The average Bonchev–Trinajstić information content (AvgIpc) is 2.70. The van der Waals surface area contributed by atoms with E-state index in [-0.39, 0.29) is 11.8 Å². The zero-order valence-corrected chi connectivity index (χ0v) is 16.0. The zero-order valence-electron chi connectivity index (χ0n) is 16.0. The van der Waals surface area contributed by atoms with Crippen LogP contribution in [0.2, 0.25) is 0 Å². The monoisotopic (exact) mass is 379 g/mol. The summed E-state index contributed by atoms with van der Waals surface area (Å²) < 4.78 is 5.44. The van der Waals surface area contributed by atoms with E-state index in [9.17, 15) is 9.59 Å². The van der Waals surface area contributed by atoms with Gasteiger partial charge in [0.05, 0.1) is 18.6 Å². The van der Waals surface area contributed by atoms with Crippen molar-refractivity contribution in [3.63, 3.8) is 0 Å². The minimum Gasteiger partial charge on any atom is -0.494 e. The van der Waals surface area contributed by atoms with Crippen LogP contribution in [0.25, 0.3) is 0 Å². The second-order valence-corrected chi connectivity index (χ2v) is 7.34. The Hall–Kier alpha value is -3.02. The summed E-state index contributed by atoms with van der Waals surface area (Å²) in [5, 5.41) is 6.60. The number of carbonyl (C=O) groups excluding carboxylic acids is 2. The Morgan fingerprint density at radius 2 is 1.79 bits per heavy atom. The van der Waals surface area contributed by atoms with Gasteiger partial charge in [-0.1, -0.05) is 24.3 Å². The van der Waals surface area contributed by atoms with Gasteiger partial charge >= 0.3 is 0 Å². The molecule has 2 heterocycles. The number of benzene rings is 2. The number of fused-ring (bicyclic) bond motifs is 1. The molecule has 2 aliphatic heterocycles. The molecule has 0 unspecified atom stereocenters. The molecule has 2 N–H and O–H groups in total. The normalized spacial score (nSPS) is 17.5. The number of nitrogens with zero attached hydrogens (tertiary/aromatic N) is 1.